The second kappa shape index (κ2) is 7.09. The minimum absolute atomic E-state index is 0.0129. The first-order valence-electron chi connectivity index (χ1n) is 6.56. The molecule has 1 aliphatic heterocycles. The number of carboxylic acids is 1. The van der Waals surface area contributed by atoms with Crippen LogP contribution in [0.1, 0.15) is 26.7 Å². The van der Waals surface area contributed by atoms with Crippen LogP contribution >= 0.6 is 0 Å². The minimum Gasteiger partial charge on any atom is -0.480 e. The van der Waals surface area contributed by atoms with Gasteiger partial charge in [-0.05, 0) is 13.8 Å². The molecule has 0 saturated carbocycles. The fourth-order valence-electron chi connectivity index (χ4n) is 2.05. The van der Waals surface area contributed by atoms with Crippen LogP contribution in [0.4, 0.5) is 4.79 Å². The number of amides is 3. The Hall–Kier alpha value is -1.83. The van der Waals surface area contributed by atoms with E-state index in [1.54, 1.807) is 0 Å². The lowest BCUT2D eigenvalue weighted by Gasteiger charge is -2.21. The largest absolute Gasteiger partial charge is 0.480 e. The molecule has 1 heterocycles. The van der Waals surface area contributed by atoms with Gasteiger partial charge < -0.3 is 25.7 Å². The molecule has 0 aliphatic carbocycles. The molecular formula is C12H21N3O5. The average Bonchev–Trinajstić information content (AvgIpc) is 2.70. The molecule has 20 heavy (non-hydrogen) atoms. The van der Waals surface area contributed by atoms with Gasteiger partial charge in [-0.1, -0.05) is 0 Å². The van der Waals surface area contributed by atoms with E-state index in [1.807, 2.05) is 13.8 Å². The number of β-amino-alcohol motifs (C(OH)–C–C–N with tert-alkyl or cyclic N) is 1. The number of carboxylic acid groups (broad SMARTS) is 1. The molecule has 0 aromatic rings. The summed E-state index contributed by atoms with van der Waals surface area (Å²) in [5.41, 5.74) is 0. The molecule has 0 aromatic heterocycles. The van der Waals surface area contributed by atoms with Gasteiger partial charge >= 0.3 is 12.0 Å². The van der Waals surface area contributed by atoms with E-state index in [0.717, 1.165) is 4.90 Å². The normalized spacial score (nSPS) is 21.9. The SMILES string of the molecule is CC(C)NC(=O)CCNC(=O)N1C[C@H](O)C[C@@H]1C(=O)O. The summed E-state index contributed by atoms with van der Waals surface area (Å²) in [5, 5.41) is 23.6. The molecule has 1 aliphatic rings. The zero-order valence-corrected chi connectivity index (χ0v) is 11.6. The summed E-state index contributed by atoms with van der Waals surface area (Å²) in [6, 6.07) is -1.57. The van der Waals surface area contributed by atoms with Gasteiger partial charge in [-0.25, -0.2) is 9.59 Å². The Morgan fingerprint density at radius 1 is 1.35 bits per heavy atom. The maximum atomic E-state index is 11.8. The van der Waals surface area contributed by atoms with Crippen molar-refractivity contribution in [1.82, 2.24) is 15.5 Å². The van der Waals surface area contributed by atoms with Crippen LogP contribution in [0.25, 0.3) is 0 Å². The number of carbonyl (C=O) groups excluding carboxylic acids is 2. The number of aliphatic hydroxyl groups is 1. The van der Waals surface area contributed by atoms with E-state index in [4.69, 9.17) is 5.11 Å². The molecule has 8 nitrogen and oxygen atoms in total. The zero-order valence-electron chi connectivity index (χ0n) is 11.6. The number of aliphatic carboxylic acids is 1. The fourth-order valence-corrected chi connectivity index (χ4v) is 2.05. The Bertz CT molecular complexity index is 385. The summed E-state index contributed by atoms with van der Waals surface area (Å²) in [4.78, 5) is 35.2. The van der Waals surface area contributed by atoms with Gasteiger partial charge in [0.1, 0.15) is 6.04 Å². The third-order valence-corrected chi connectivity index (χ3v) is 2.90. The Balaban J connectivity index is 2.39. The quantitative estimate of drug-likeness (QED) is 0.524. The molecule has 1 saturated heterocycles. The predicted octanol–water partition coefficient (Wildman–Crippen LogP) is -0.869. The van der Waals surface area contributed by atoms with Crippen LogP contribution in [0.15, 0.2) is 0 Å². The van der Waals surface area contributed by atoms with E-state index < -0.39 is 24.1 Å². The number of urea groups is 1. The molecular weight excluding hydrogens is 266 g/mol. The molecule has 1 rings (SSSR count). The predicted molar refractivity (Wildman–Crippen MR) is 70.0 cm³/mol. The van der Waals surface area contributed by atoms with E-state index in [2.05, 4.69) is 10.6 Å². The molecule has 8 heteroatoms. The van der Waals surface area contributed by atoms with Crippen molar-refractivity contribution < 1.29 is 24.6 Å². The van der Waals surface area contributed by atoms with Gasteiger partial charge in [0, 0.05) is 32.0 Å². The summed E-state index contributed by atoms with van der Waals surface area (Å²) < 4.78 is 0. The van der Waals surface area contributed by atoms with Crippen LogP contribution < -0.4 is 10.6 Å². The molecule has 0 unspecified atom stereocenters. The molecule has 0 aromatic carbocycles. The van der Waals surface area contributed by atoms with Gasteiger partial charge in [-0.15, -0.1) is 0 Å². The summed E-state index contributed by atoms with van der Waals surface area (Å²) in [7, 11) is 0. The highest BCUT2D eigenvalue weighted by Gasteiger charge is 2.38. The van der Waals surface area contributed by atoms with Crippen molar-refractivity contribution in [2.75, 3.05) is 13.1 Å². The van der Waals surface area contributed by atoms with Gasteiger partial charge in [-0.2, -0.15) is 0 Å². The Morgan fingerprint density at radius 2 is 2.00 bits per heavy atom. The number of hydrogen-bond donors (Lipinski definition) is 4. The van der Waals surface area contributed by atoms with Gasteiger partial charge in [0.25, 0.3) is 0 Å². The minimum atomic E-state index is -1.14. The molecule has 114 valence electrons. The standard InChI is InChI=1S/C12H21N3O5/c1-7(2)14-10(17)3-4-13-12(20)15-6-8(16)5-9(15)11(18)19/h7-9,16H,3-6H2,1-2H3,(H,13,20)(H,14,17)(H,18,19)/t8-,9-/m1/s1. The third kappa shape index (κ3) is 4.69. The third-order valence-electron chi connectivity index (χ3n) is 2.90. The number of likely N-dealkylation sites (tertiary alicyclic amines) is 1. The van der Waals surface area contributed by atoms with Crippen LogP contribution in [0, 0.1) is 0 Å². The first-order chi connectivity index (χ1) is 9.31. The lowest BCUT2D eigenvalue weighted by Crippen LogP contribution is -2.47. The first-order valence-corrected chi connectivity index (χ1v) is 6.56. The second-order valence-corrected chi connectivity index (χ2v) is 5.10. The number of nitrogens with zero attached hydrogens (tertiary/aromatic N) is 1. The maximum absolute atomic E-state index is 11.8. The smallest absolute Gasteiger partial charge is 0.326 e. The van der Waals surface area contributed by atoms with Crippen molar-refractivity contribution in [3.8, 4) is 0 Å². The number of nitrogens with one attached hydrogen (secondary N) is 2. The monoisotopic (exact) mass is 287 g/mol. The van der Waals surface area contributed by atoms with Crippen molar-refractivity contribution in [3.63, 3.8) is 0 Å². The Morgan fingerprint density at radius 3 is 2.55 bits per heavy atom. The molecule has 2 atom stereocenters. The molecule has 3 amide bonds. The van der Waals surface area contributed by atoms with E-state index >= 15 is 0 Å². The molecule has 0 spiro atoms. The fraction of sp³-hybridized carbons (Fsp3) is 0.750. The van der Waals surface area contributed by atoms with Crippen LogP contribution in [-0.4, -0.2) is 64.3 Å². The highest BCUT2D eigenvalue weighted by atomic mass is 16.4. The maximum Gasteiger partial charge on any atom is 0.326 e. The lowest BCUT2D eigenvalue weighted by molar-refractivity contribution is -0.141. The number of aliphatic hydroxyl groups excluding tert-OH is 1. The molecule has 1 fully saturated rings. The second-order valence-electron chi connectivity index (χ2n) is 5.10. The van der Waals surface area contributed by atoms with E-state index in [1.165, 1.54) is 0 Å². The van der Waals surface area contributed by atoms with E-state index in [0.29, 0.717) is 0 Å². The zero-order chi connectivity index (χ0) is 15.3. The van der Waals surface area contributed by atoms with Crippen molar-refractivity contribution in [3.05, 3.63) is 0 Å². The topological polar surface area (TPSA) is 119 Å². The average molecular weight is 287 g/mol. The van der Waals surface area contributed by atoms with Crippen molar-refractivity contribution in [2.24, 2.45) is 0 Å². The molecule has 0 bridgehead atoms. The Kier molecular flexibility index (Phi) is 5.75. The Labute approximate surface area is 117 Å². The van der Waals surface area contributed by atoms with Crippen LogP contribution in [0.3, 0.4) is 0 Å². The van der Waals surface area contributed by atoms with Gasteiger partial charge in [0.15, 0.2) is 0 Å². The van der Waals surface area contributed by atoms with E-state index in [-0.39, 0.29) is 37.9 Å². The number of rotatable bonds is 5. The highest BCUT2D eigenvalue weighted by Crippen LogP contribution is 2.17. The summed E-state index contributed by atoms with van der Waals surface area (Å²) in [5.74, 6) is -1.33. The number of carbonyl (C=O) groups is 3. The van der Waals surface area contributed by atoms with Gasteiger partial charge in [-0.3, -0.25) is 4.79 Å². The number of hydrogen-bond acceptors (Lipinski definition) is 4. The summed E-state index contributed by atoms with van der Waals surface area (Å²) >= 11 is 0. The van der Waals surface area contributed by atoms with Gasteiger partial charge in [0.05, 0.1) is 6.10 Å². The van der Waals surface area contributed by atoms with Crippen molar-refractivity contribution in [2.45, 2.75) is 44.9 Å². The van der Waals surface area contributed by atoms with Crippen molar-refractivity contribution in [1.29, 1.82) is 0 Å². The van der Waals surface area contributed by atoms with Gasteiger partial charge in [0.2, 0.25) is 5.91 Å². The van der Waals surface area contributed by atoms with Crippen molar-refractivity contribution >= 4 is 17.9 Å². The van der Waals surface area contributed by atoms with E-state index in [9.17, 15) is 19.5 Å². The summed E-state index contributed by atoms with van der Waals surface area (Å²) in [6.07, 6.45) is -0.680. The molecule has 4 N–H and O–H groups in total. The molecule has 0 radical (unpaired) electrons. The summed E-state index contributed by atoms with van der Waals surface area (Å²) in [6.45, 7) is 3.77. The highest BCUT2D eigenvalue weighted by molar-refractivity contribution is 5.84. The lowest BCUT2D eigenvalue weighted by atomic mass is 10.2. The first kappa shape index (κ1) is 16.2. The van der Waals surface area contributed by atoms with Crippen LogP contribution in [0.2, 0.25) is 0 Å². The van der Waals surface area contributed by atoms with Crippen LogP contribution in [-0.2, 0) is 9.59 Å². The van der Waals surface area contributed by atoms with Crippen LogP contribution in [0.5, 0.6) is 0 Å².